The van der Waals surface area contributed by atoms with Gasteiger partial charge in [-0.2, -0.15) is 0 Å². The van der Waals surface area contributed by atoms with Gasteiger partial charge in [0.1, 0.15) is 23.5 Å². The van der Waals surface area contributed by atoms with Crippen LogP contribution >= 0.6 is 0 Å². The zero-order valence-corrected chi connectivity index (χ0v) is 14.7. The van der Waals surface area contributed by atoms with E-state index in [9.17, 15) is 0 Å². The zero-order chi connectivity index (χ0) is 17.1. The number of aromatic nitrogens is 2. The van der Waals surface area contributed by atoms with E-state index < -0.39 is 0 Å². The predicted molar refractivity (Wildman–Crippen MR) is 95.0 cm³/mol. The van der Waals surface area contributed by atoms with E-state index in [1.54, 1.807) is 7.11 Å². The van der Waals surface area contributed by atoms with Gasteiger partial charge in [-0.3, -0.25) is 0 Å². The van der Waals surface area contributed by atoms with Gasteiger partial charge in [0.2, 0.25) is 0 Å². The number of nitrogens with zero attached hydrogens (tertiary/aromatic N) is 4. The Morgan fingerprint density at radius 1 is 1.21 bits per heavy atom. The molecule has 0 amide bonds. The highest BCUT2D eigenvalue weighted by Gasteiger charge is 2.24. The third kappa shape index (κ3) is 3.59. The maximum absolute atomic E-state index is 5.98. The highest BCUT2D eigenvalue weighted by Crippen LogP contribution is 2.27. The van der Waals surface area contributed by atoms with Gasteiger partial charge in [-0.1, -0.05) is 0 Å². The first kappa shape index (κ1) is 16.5. The highest BCUT2D eigenvalue weighted by molar-refractivity contribution is 5.50. The normalized spacial score (nSPS) is 17.7. The lowest BCUT2D eigenvalue weighted by Gasteiger charge is -2.34. The lowest BCUT2D eigenvalue weighted by atomic mass is 10.1. The number of methoxy groups -OCH3 is 1. The van der Waals surface area contributed by atoms with Crippen molar-refractivity contribution in [2.24, 2.45) is 0 Å². The molecule has 0 N–H and O–H groups in total. The molecule has 0 spiro atoms. The van der Waals surface area contributed by atoms with Crippen LogP contribution in [0.15, 0.2) is 30.3 Å². The maximum Gasteiger partial charge on any atom is 0.132 e. The number of hydrogen-bond donors (Lipinski definition) is 0. The monoisotopic (exact) mass is 328 g/mol. The molecule has 0 bridgehead atoms. The van der Waals surface area contributed by atoms with Gasteiger partial charge in [-0.25, -0.2) is 9.97 Å². The maximum atomic E-state index is 5.98. The molecule has 6 nitrogen and oxygen atoms in total. The number of rotatable bonds is 4. The first-order chi connectivity index (χ1) is 11.6. The Labute approximate surface area is 143 Å². The molecule has 0 unspecified atom stereocenters. The van der Waals surface area contributed by atoms with Crippen molar-refractivity contribution in [1.29, 1.82) is 0 Å². The average Bonchev–Trinajstić information content (AvgIpc) is 2.61. The second-order valence-electron chi connectivity index (χ2n) is 6.10. The summed E-state index contributed by atoms with van der Waals surface area (Å²) in [6, 6.07) is 10.1. The van der Waals surface area contributed by atoms with Crippen molar-refractivity contribution in [3.8, 4) is 5.75 Å². The van der Waals surface area contributed by atoms with Crippen LogP contribution < -0.4 is 14.5 Å². The number of benzene rings is 1. The van der Waals surface area contributed by atoms with Crippen molar-refractivity contribution in [2.45, 2.75) is 13.0 Å². The van der Waals surface area contributed by atoms with Crippen molar-refractivity contribution >= 4 is 11.5 Å². The Morgan fingerprint density at radius 2 is 1.96 bits per heavy atom. The second kappa shape index (κ2) is 7.05. The van der Waals surface area contributed by atoms with Gasteiger partial charge in [0.25, 0.3) is 0 Å². The molecule has 2 aromatic rings. The molecule has 128 valence electrons. The van der Waals surface area contributed by atoms with Crippen LogP contribution in [0, 0.1) is 6.92 Å². The van der Waals surface area contributed by atoms with E-state index >= 15 is 0 Å². The third-order valence-corrected chi connectivity index (χ3v) is 4.14. The molecule has 0 aliphatic carbocycles. The molecule has 3 rings (SSSR count). The molecule has 1 fully saturated rings. The van der Waals surface area contributed by atoms with Gasteiger partial charge >= 0.3 is 0 Å². The first-order valence-corrected chi connectivity index (χ1v) is 8.10. The molecule has 1 atom stereocenters. The van der Waals surface area contributed by atoms with Crippen molar-refractivity contribution in [1.82, 2.24) is 9.97 Å². The molecular weight excluding hydrogens is 304 g/mol. The van der Waals surface area contributed by atoms with Crippen LogP contribution in [0.1, 0.15) is 17.6 Å². The topological polar surface area (TPSA) is 50.7 Å². The molecule has 24 heavy (non-hydrogen) atoms. The Hall–Kier alpha value is -2.34. The molecular formula is C18H24N4O2. The minimum atomic E-state index is -0.0544. The van der Waals surface area contributed by atoms with Gasteiger partial charge in [0.05, 0.1) is 19.4 Å². The summed E-state index contributed by atoms with van der Waals surface area (Å²) in [6.45, 7) is 4.24. The van der Waals surface area contributed by atoms with Gasteiger partial charge in [0, 0.05) is 38.9 Å². The molecule has 1 saturated heterocycles. The van der Waals surface area contributed by atoms with E-state index in [1.807, 2.05) is 44.1 Å². The van der Waals surface area contributed by atoms with E-state index in [0.717, 1.165) is 36.2 Å². The van der Waals surface area contributed by atoms with Crippen LogP contribution in [0.4, 0.5) is 11.5 Å². The van der Waals surface area contributed by atoms with E-state index in [2.05, 4.69) is 27.0 Å². The van der Waals surface area contributed by atoms with Gasteiger partial charge in [-0.05, 0) is 31.2 Å². The number of anilines is 2. The summed E-state index contributed by atoms with van der Waals surface area (Å²) in [6.07, 6.45) is -0.0544. The summed E-state index contributed by atoms with van der Waals surface area (Å²) in [5, 5.41) is 0. The molecule has 1 aliphatic rings. The lowest BCUT2D eigenvalue weighted by Crippen LogP contribution is -2.38. The van der Waals surface area contributed by atoms with E-state index in [1.165, 1.54) is 5.69 Å². The summed E-state index contributed by atoms with van der Waals surface area (Å²) in [5.41, 5.74) is 2.10. The van der Waals surface area contributed by atoms with Crippen LogP contribution in [0.3, 0.4) is 0 Å². The fourth-order valence-corrected chi connectivity index (χ4v) is 2.82. The minimum absolute atomic E-state index is 0.0544. The fourth-order valence-electron chi connectivity index (χ4n) is 2.82. The fraction of sp³-hybridized carbons (Fsp3) is 0.444. The van der Waals surface area contributed by atoms with Gasteiger partial charge < -0.3 is 19.3 Å². The van der Waals surface area contributed by atoms with Crippen molar-refractivity contribution in [3.05, 3.63) is 41.9 Å². The number of hydrogen-bond acceptors (Lipinski definition) is 6. The summed E-state index contributed by atoms with van der Waals surface area (Å²) in [4.78, 5) is 13.4. The second-order valence-corrected chi connectivity index (χ2v) is 6.10. The molecule has 0 saturated carbocycles. The molecule has 1 aromatic carbocycles. The van der Waals surface area contributed by atoms with E-state index in [-0.39, 0.29) is 6.10 Å². The number of ether oxygens (including phenoxy) is 2. The van der Waals surface area contributed by atoms with Crippen molar-refractivity contribution in [3.63, 3.8) is 0 Å². The first-order valence-electron chi connectivity index (χ1n) is 8.10. The summed E-state index contributed by atoms with van der Waals surface area (Å²) < 4.78 is 11.2. The molecule has 6 heteroatoms. The molecule has 1 aromatic heterocycles. The summed E-state index contributed by atoms with van der Waals surface area (Å²) in [7, 11) is 5.65. The molecule has 1 aliphatic heterocycles. The largest absolute Gasteiger partial charge is 0.497 e. The Bertz CT molecular complexity index is 688. The van der Waals surface area contributed by atoms with Crippen molar-refractivity contribution in [2.75, 3.05) is 50.7 Å². The van der Waals surface area contributed by atoms with Crippen molar-refractivity contribution < 1.29 is 9.47 Å². The SMILES string of the molecule is COc1ccc(N2CCO[C@H](c3cc(N(C)C)nc(C)n3)C2)cc1. The van der Waals surface area contributed by atoms with Crippen LogP contribution in [-0.2, 0) is 4.74 Å². The Balaban J connectivity index is 1.80. The predicted octanol–water partition coefficient (Wildman–Crippen LogP) is 2.44. The Morgan fingerprint density at radius 3 is 2.62 bits per heavy atom. The van der Waals surface area contributed by atoms with Crippen LogP contribution in [-0.4, -0.2) is 50.9 Å². The Kier molecular flexibility index (Phi) is 4.85. The zero-order valence-electron chi connectivity index (χ0n) is 14.7. The number of aryl methyl sites for hydroxylation is 1. The van der Waals surface area contributed by atoms with E-state index in [0.29, 0.717) is 6.61 Å². The van der Waals surface area contributed by atoms with Gasteiger partial charge in [-0.15, -0.1) is 0 Å². The highest BCUT2D eigenvalue weighted by atomic mass is 16.5. The van der Waals surface area contributed by atoms with E-state index in [4.69, 9.17) is 9.47 Å². The van der Waals surface area contributed by atoms with Crippen LogP contribution in [0.5, 0.6) is 5.75 Å². The number of morpholine rings is 1. The standard InChI is InChI=1S/C18H24N4O2/c1-13-19-16(11-18(20-13)21(2)3)17-12-22(9-10-24-17)14-5-7-15(23-4)8-6-14/h5-8,11,17H,9-10,12H2,1-4H3/t17-/m0/s1. The summed E-state index contributed by atoms with van der Waals surface area (Å²) in [5.74, 6) is 2.54. The quantitative estimate of drug-likeness (QED) is 0.859. The smallest absolute Gasteiger partial charge is 0.132 e. The molecule has 0 radical (unpaired) electrons. The van der Waals surface area contributed by atoms with Gasteiger partial charge in [0.15, 0.2) is 0 Å². The summed E-state index contributed by atoms with van der Waals surface area (Å²) >= 11 is 0. The van der Waals surface area contributed by atoms with Crippen LogP contribution in [0.25, 0.3) is 0 Å². The molecule has 2 heterocycles. The minimum Gasteiger partial charge on any atom is -0.497 e. The lowest BCUT2D eigenvalue weighted by molar-refractivity contribution is 0.0369. The van der Waals surface area contributed by atoms with Crippen LogP contribution in [0.2, 0.25) is 0 Å². The average molecular weight is 328 g/mol. The third-order valence-electron chi connectivity index (χ3n) is 4.14.